The monoisotopic (exact) mass is 1770 g/mol. The summed E-state index contributed by atoms with van der Waals surface area (Å²) in [5.74, 6) is -14.1. The summed E-state index contributed by atoms with van der Waals surface area (Å²) in [6.45, 7) is 0.0646. The third-order valence-corrected chi connectivity index (χ3v) is 20.3. The second kappa shape index (κ2) is 44.3. The number of benzene rings is 9. The fourth-order valence-electron chi connectivity index (χ4n) is 14.3. The normalized spacial score (nSPS) is 25.1. The molecule has 0 spiro atoms. The Kier molecular flexibility index (Phi) is 31.7. The lowest BCUT2D eigenvalue weighted by molar-refractivity contribution is -0.344. The van der Waals surface area contributed by atoms with Crippen LogP contribution in [0.3, 0.4) is 0 Å². The van der Waals surface area contributed by atoms with Crippen molar-refractivity contribution < 1.29 is 162 Å². The number of carbonyl (C=O) groups is 13. The first kappa shape index (κ1) is 92.4. The summed E-state index contributed by atoms with van der Waals surface area (Å²) in [4.78, 5) is 186. The number of esters is 13. The predicted molar refractivity (Wildman–Crippen MR) is 439 cm³/mol. The number of carbonyl (C=O) groups excluding carboxylic acids is 13. The second-order valence-electron chi connectivity index (χ2n) is 29.3. The standard InChI is InChI=1S/C95H86O34/c1-54(96)110-50-68-71(114-55(2)97)76(115-56(3)98)80(116-57(4)99)93(118-68)112-52-69-73(122-84(101)59-34-16-6-17-35-59)78(126-88(105)63-42-24-10-25-43-63)82(129-91(108)66-48-30-13-31-49-66)95(120-69)113-53-70-74(123-85(102)60-36-18-7-19-37-60)77(125-87(104)62-40-22-9-23-41-62)81(128-90(107)65-46-28-12-29-47-65)94(119-70)111-51-67-72(121-83(100)58-32-14-5-15-33-58)75(124-86(103)61-38-20-8-21-39-61)79(92(109)117-67)127-89(106)64-44-26-11-27-45-64/h5-49,67-82,92-95,109H,50-53H2,1-4H3/t67-,68+,69+,70-,71+,72+,73+,74-,75-,76+,77-,78+,79+,80+,81+,82+,92+,93-,94-,95-/m1/s1. The lowest BCUT2D eigenvalue weighted by atomic mass is 9.96. The Labute approximate surface area is 736 Å². The van der Waals surface area contributed by atoms with Gasteiger partial charge in [-0.1, -0.05) is 164 Å². The van der Waals surface area contributed by atoms with Crippen molar-refractivity contribution in [2.24, 2.45) is 0 Å². The lowest BCUT2D eigenvalue weighted by Crippen LogP contribution is -2.66. The fraction of sp³-hybridized carbons (Fsp3) is 0.295. The van der Waals surface area contributed by atoms with E-state index in [1.165, 1.54) is 218 Å². The quantitative estimate of drug-likeness (QED) is 0.0303. The van der Waals surface area contributed by atoms with Crippen LogP contribution < -0.4 is 0 Å². The molecule has 9 aromatic carbocycles. The molecule has 9 aromatic rings. The molecule has 0 radical (unpaired) electrons. The number of aliphatic hydroxyl groups excluding tert-OH is 1. The molecular weight excluding hydrogens is 1690 g/mol. The molecule has 4 aliphatic rings. The predicted octanol–water partition coefficient (Wildman–Crippen LogP) is 9.32. The fourth-order valence-corrected chi connectivity index (χ4v) is 14.3. The first-order chi connectivity index (χ1) is 62.4. The summed E-state index contributed by atoms with van der Waals surface area (Å²) in [6, 6.07) is 66.0. The van der Waals surface area contributed by atoms with Crippen LogP contribution >= 0.6 is 0 Å². The average Bonchev–Trinajstić information content (AvgIpc) is 0.769. The molecule has 0 aliphatic carbocycles. The van der Waals surface area contributed by atoms with Crippen LogP contribution in [0.5, 0.6) is 0 Å². The molecule has 0 unspecified atom stereocenters. The average molecular weight is 1770 g/mol. The second-order valence-corrected chi connectivity index (χ2v) is 29.3. The van der Waals surface area contributed by atoms with E-state index in [0.717, 1.165) is 27.7 Å². The zero-order valence-electron chi connectivity index (χ0n) is 69.3. The minimum Gasteiger partial charge on any atom is -0.463 e. The van der Waals surface area contributed by atoms with Crippen LogP contribution in [0.15, 0.2) is 273 Å². The van der Waals surface area contributed by atoms with Crippen LogP contribution in [0.25, 0.3) is 0 Å². The molecule has 129 heavy (non-hydrogen) atoms. The van der Waals surface area contributed by atoms with Gasteiger partial charge < -0.3 is 99.8 Å². The van der Waals surface area contributed by atoms with Crippen molar-refractivity contribution in [2.45, 2.75) is 151 Å². The van der Waals surface area contributed by atoms with Gasteiger partial charge in [0.1, 0.15) is 31.0 Å². The number of aliphatic hydroxyl groups is 1. The molecule has 4 fully saturated rings. The van der Waals surface area contributed by atoms with Gasteiger partial charge in [0.15, 0.2) is 98.4 Å². The summed E-state index contributed by atoms with van der Waals surface area (Å²) < 4.78 is 126. The molecule has 670 valence electrons. The van der Waals surface area contributed by atoms with Crippen LogP contribution in [0, 0.1) is 0 Å². The first-order valence-electron chi connectivity index (χ1n) is 40.6. The van der Waals surface area contributed by atoms with Gasteiger partial charge in [-0.15, -0.1) is 0 Å². The molecule has 0 saturated carbocycles. The van der Waals surface area contributed by atoms with Crippen molar-refractivity contribution in [3.05, 3.63) is 323 Å². The largest absolute Gasteiger partial charge is 0.463 e. The molecule has 0 bridgehead atoms. The highest BCUT2D eigenvalue weighted by atomic mass is 16.8. The van der Waals surface area contributed by atoms with Crippen LogP contribution in [0.2, 0.25) is 0 Å². The van der Waals surface area contributed by atoms with Gasteiger partial charge in [0.25, 0.3) is 0 Å². The summed E-state index contributed by atoms with van der Waals surface area (Å²) in [5, 5.41) is 12.4. The maximum absolute atomic E-state index is 15.2. The SMILES string of the molecule is CC(=O)OC[C@@H]1O[C@@H](OC[C@@H]2O[C@@H](OC[C@H]3O[C@@H](OC[C@H]4O[C@H](O)[C@@H](OC(=O)c5ccccc5)[C@H](OC(=O)c5ccccc5)[C@H]4OC(=O)c4ccccc4)[C@@H](OC(=O)c4ccccc4)[C@H](OC(=O)c4ccccc4)[C@@H]3OC(=O)c3ccccc3)[C@@H](OC(=O)c3ccccc3)[C@@H](OC(=O)c3ccccc3)[C@H]2OC(=O)c2ccccc2)[C@@H](OC(C)=O)[C@@H](OC(C)=O)[C@H]1OC(C)=O. The highest BCUT2D eigenvalue weighted by Crippen LogP contribution is 2.39. The maximum atomic E-state index is 15.2. The van der Waals surface area contributed by atoms with E-state index in [-0.39, 0.29) is 50.1 Å². The van der Waals surface area contributed by atoms with Crippen molar-refractivity contribution in [2.75, 3.05) is 26.4 Å². The molecule has 1 N–H and O–H groups in total. The van der Waals surface area contributed by atoms with Crippen LogP contribution in [-0.4, -0.2) is 232 Å². The van der Waals surface area contributed by atoms with Gasteiger partial charge >= 0.3 is 77.6 Å². The Balaban J connectivity index is 0.961. The van der Waals surface area contributed by atoms with Gasteiger partial charge in [0, 0.05) is 27.7 Å². The Morgan fingerprint density at radius 3 is 0.620 bits per heavy atom. The van der Waals surface area contributed by atoms with Crippen LogP contribution in [0.1, 0.15) is 121 Å². The van der Waals surface area contributed by atoms with Crippen molar-refractivity contribution in [3.8, 4) is 0 Å². The van der Waals surface area contributed by atoms with E-state index in [2.05, 4.69) is 0 Å². The third-order valence-electron chi connectivity index (χ3n) is 20.3. The van der Waals surface area contributed by atoms with Crippen LogP contribution in [0.4, 0.5) is 0 Å². The molecular formula is C95H86O34. The van der Waals surface area contributed by atoms with Gasteiger partial charge in [-0.05, 0) is 109 Å². The van der Waals surface area contributed by atoms with E-state index in [1.54, 1.807) is 54.6 Å². The minimum atomic E-state index is -2.31. The third kappa shape index (κ3) is 24.3. The van der Waals surface area contributed by atoms with Gasteiger partial charge in [-0.25, -0.2) is 43.2 Å². The molecule has 0 amide bonds. The molecule has 34 heteroatoms. The maximum Gasteiger partial charge on any atom is 0.338 e. The molecule has 0 aromatic heterocycles. The number of rotatable bonds is 32. The van der Waals surface area contributed by atoms with Crippen LogP contribution in [-0.2, 0) is 114 Å². The van der Waals surface area contributed by atoms with Crippen molar-refractivity contribution in [3.63, 3.8) is 0 Å². The Bertz CT molecular complexity index is 5330. The first-order valence-corrected chi connectivity index (χ1v) is 40.6. The van der Waals surface area contributed by atoms with Crippen molar-refractivity contribution in [1.82, 2.24) is 0 Å². The molecule has 13 rings (SSSR count). The van der Waals surface area contributed by atoms with E-state index in [1.807, 2.05) is 0 Å². The molecule has 4 saturated heterocycles. The summed E-state index contributed by atoms with van der Waals surface area (Å²) >= 11 is 0. The van der Waals surface area contributed by atoms with Crippen molar-refractivity contribution in [1.29, 1.82) is 0 Å². The number of hydrogen-bond acceptors (Lipinski definition) is 34. The summed E-state index contributed by atoms with van der Waals surface area (Å²) in [5.41, 5.74) is -1.00. The van der Waals surface area contributed by atoms with E-state index in [4.69, 9.17) is 94.7 Å². The summed E-state index contributed by atoms with van der Waals surface area (Å²) in [7, 11) is 0. The zero-order chi connectivity index (χ0) is 91.0. The Hall–Kier alpha value is -14.2. The van der Waals surface area contributed by atoms with Crippen molar-refractivity contribution >= 4 is 77.6 Å². The topological polar surface area (TPSA) is 427 Å². The molecule has 4 heterocycles. The van der Waals surface area contributed by atoms with E-state index < -0.39 is 227 Å². The van der Waals surface area contributed by atoms with E-state index >= 15 is 24.0 Å². The van der Waals surface area contributed by atoms with E-state index in [9.17, 15) is 43.5 Å². The van der Waals surface area contributed by atoms with Gasteiger partial charge in [0.05, 0.1) is 69.9 Å². The van der Waals surface area contributed by atoms with Gasteiger partial charge in [-0.3, -0.25) is 19.2 Å². The number of ether oxygens (including phenoxy) is 20. The van der Waals surface area contributed by atoms with Gasteiger partial charge in [-0.2, -0.15) is 0 Å². The minimum absolute atomic E-state index is 0.0451. The Morgan fingerprint density at radius 2 is 0.380 bits per heavy atom. The Morgan fingerprint density at radius 1 is 0.209 bits per heavy atom. The number of hydrogen-bond donors (Lipinski definition) is 1. The lowest BCUT2D eigenvalue weighted by Gasteiger charge is -2.47. The smallest absolute Gasteiger partial charge is 0.338 e. The molecule has 4 aliphatic heterocycles. The molecule has 20 atom stereocenters. The highest BCUT2D eigenvalue weighted by Gasteiger charge is 2.60. The van der Waals surface area contributed by atoms with E-state index in [0.29, 0.717) is 0 Å². The zero-order valence-corrected chi connectivity index (χ0v) is 69.3. The summed E-state index contributed by atoms with van der Waals surface area (Å²) in [6.07, 6.45) is -41.0. The highest BCUT2D eigenvalue weighted by molar-refractivity contribution is 5.94. The van der Waals surface area contributed by atoms with Gasteiger partial charge in [0.2, 0.25) is 0 Å². The molecule has 34 nitrogen and oxygen atoms in total.